The molecule has 0 bridgehead atoms. The molecule has 2 rings (SSSR count). The second kappa shape index (κ2) is 12.3. The maximum atomic E-state index is 13.7. The van der Waals surface area contributed by atoms with Gasteiger partial charge in [-0.25, -0.2) is 4.39 Å². The highest BCUT2D eigenvalue weighted by Crippen LogP contribution is 2.30. The fraction of sp³-hybridized carbons (Fsp3) is 0.350. The van der Waals surface area contributed by atoms with Gasteiger partial charge in [0, 0.05) is 18.8 Å². The van der Waals surface area contributed by atoms with Gasteiger partial charge in [-0.2, -0.15) is 0 Å². The summed E-state index contributed by atoms with van der Waals surface area (Å²) in [4.78, 5) is 4.19. The Hall–Kier alpha value is -2.23. The average molecular weight is 503 g/mol. The number of guanidine groups is 1. The number of hydrogen-bond donors (Lipinski definition) is 2. The quantitative estimate of drug-likeness (QED) is 0.320. The third-order valence-corrected chi connectivity index (χ3v) is 3.67. The third kappa shape index (κ3) is 7.06. The van der Waals surface area contributed by atoms with Crippen molar-refractivity contribution in [3.63, 3.8) is 0 Å². The molecule has 1 atom stereocenters. The molecule has 0 saturated heterocycles. The fourth-order valence-electron chi connectivity index (χ4n) is 2.38. The maximum Gasteiger partial charge on any atom is 0.195 e. The van der Waals surface area contributed by atoms with Gasteiger partial charge in [0.05, 0.1) is 20.3 Å². The lowest BCUT2D eigenvalue weighted by atomic mass is 10.2. The number of hydrogen-bond acceptors (Lipinski definition) is 4. The largest absolute Gasteiger partial charge is 0.493 e. The molecule has 2 aromatic rings. The summed E-state index contributed by atoms with van der Waals surface area (Å²) in [5.74, 6) is 1.72. The molecule has 0 amide bonds. The molecule has 0 fully saturated rings. The van der Waals surface area contributed by atoms with E-state index in [9.17, 15) is 4.39 Å². The molecule has 2 aromatic carbocycles. The van der Waals surface area contributed by atoms with Gasteiger partial charge in [-0.1, -0.05) is 12.1 Å². The van der Waals surface area contributed by atoms with Crippen molar-refractivity contribution in [1.82, 2.24) is 5.32 Å². The highest BCUT2D eigenvalue weighted by atomic mass is 127. The van der Waals surface area contributed by atoms with Crippen LogP contribution in [0, 0.1) is 5.82 Å². The smallest absolute Gasteiger partial charge is 0.195 e. The number of methoxy groups -OCH3 is 1. The zero-order chi connectivity index (χ0) is 19.6. The Labute approximate surface area is 182 Å². The third-order valence-electron chi connectivity index (χ3n) is 3.67. The molecule has 154 valence electrons. The molecule has 6 nitrogen and oxygen atoms in total. The molecule has 0 heterocycles. The standard InChI is InChI=1S/C20H26FN3O3.HI/c1-5-26-18-11-10-15(12-19(18)25-4)24-20(22-3)23-13-14(2)27-17-9-7-6-8-16(17)21;/h6-12,14H,5,13H2,1-4H3,(H2,22,23,24);1H. The van der Waals surface area contributed by atoms with Gasteiger partial charge in [-0.05, 0) is 38.1 Å². The summed E-state index contributed by atoms with van der Waals surface area (Å²) in [6.07, 6.45) is -0.254. The van der Waals surface area contributed by atoms with Gasteiger partial charge in [0.2, 0.25) is 0 Å². The van der Waals surface area contributed by atoms with Crippen LogP contribution >= 0.6 is 24.0 Å². The Bertz CT molecular complexity index is 774. The Morgan fingerprint density at radius 3 is 2.54 bits per heavy atom. The molecule has 28 heavy (non-hydrogen) atoms. The Kier molecular flexibility index (Phi) is 10.4. The van der Waals surface area contributed by atoms with Gasteiger partial charge in [-0.15, -0.1) is 24.0 Å². The summed E-state index contributed by atoms with van der Waals surface area (Å²) in [6.45, 7) is 4.78. The Morgan fingerprint density at radius 2 is 1.89 bits per heavy atom. The zero-order valence-electron chi connectivity index (χ0n) is 16.5. The normalized spacial score (nSPS) is 11.8. The van der Waals surface area contributed by atoms with E-state index in [1.54, 1.807) is 32.4 Å². The van der Waals surface area contributed by atoms with Gasteiger partial charge >= 0.3 is 0 Å². The lowest BCUT2D eigenvalue weighted by molar-refractivity contribution is 0.214. The highest BCUT2D eigenvalue weighted by molar-refractivity contribution is 14.0. The predicted octanol–water partition coefficient (Wildman–Crippen LogP) is 4.31. The minimum absolute atomic E-state index is 0. The Morgan fingerprint density at radius 1 is 1.14 bits per heavy atom. The van der Waals surface area contributed by atoms with Gasteiger partial charge in [0.15, 0.2) is 29.0 Å². The lowest BCUT2D eigenvalue weighted by Crippen LogP contribution is -2.37. The van der Waals surface area contributed by atoms with Crippen LogP contribution in [0.3, 0.4) is 0 Å². The second-order valence-corrected chi connectivity index (χ2v) is 5.74. The molecule has 8 heteroatoms. The van der Waals surface area contributed by atoms with Crippen molar-refractivity contribution in [2.75, 3.05) is 32.6 Å². The zero-order valence-corrected chi connectivity index (χ0v) is 18.8. The molecule has 0 aliphatic carbocycles. The van der Waals surface area contributed by atoms with Crippen molar-refractivity contribution in [2.24, 2.45) is 4.99 Å². The number of nitrogens with one attached hydrogen (secondary N) is 2. The van der Waals surface area contributed by atoms with Gasteiger partial charge < -0.3 is 24.8 Å². The summed E-state index contributed by atoms with van der Waals surface area (Å²) in [5.41, 5.74) is 0.797. The number of rotatable bonds is 8. The number of para-hydroxylation sites is 1. The van der Waals surface area contributed by atoms with E-state index >= 15 is 0 Å². The van der Waals surface area contributed by atoms with Gasteiger partial charge in [-0.3, -0.25) is 4.99 Å². The van der Waals surface area contributed by atoms with E-state index in [1.807, 2.05) is 32.0 Å². The molecule has 0 aliphatic rings. The SMILES string of the molecule is CCOc1ccc(NC(=NC)NCC(C)Oc2ccccc2F)cc1OC.I. The van der Waals surface area contributed by atoms with E-state index in [2.05, 4.69) is 15.6 Å². The summed E-state index contributed by atoms with van der Waals surface area (Å²) < 4.78 is 30.1. The first-order chi connectivity index (χ1) is 13.1. The molecule has 0 aliphatic heterocycles. The molecule has 0 saturated carbocycles. The number of halogens is 2. The topological polar surface area (TPSA) is 64.1 Å². The van der Waals surface area contributed by atoms with Crippen molar-refractivity contribution in [3.05, 3.63) is 48.3 Å². The van der Waals surface area contributed by atoms with E-state index in [-0.39, 0.29) is 41.6 Å². The van der Waals surface area contributed by atoms with E-state index in [1.165, 1.54) is 6.07 Å². The van der Waals surface area contributed by atoms with Crippen LogP contribution in [0.1, 0.15) is 13.8 Å². The molecular formula is C20H27FIN3O3. The molecular weight excluding hydrogens is 476 g/mol. The summed E-state index contributed by atoms with van der Waals surface area (Å²) >= 11 is 0. The predicted molar refractivity (Wildman–Crippen MR) is 121 cm³/mol. The van der Waals surface area contributed by atoms with Crippen LogP contribution in [0.25, 0.3) is 0 Å². The van der Waals surface area contributed by atoms with E-state index in [0.29, 0.717) is 30.6 Å². The van der Waals surface area contributed by atoms with Crippen molar-refractivity contribution < 1.29 is 18.6 Å². The van der Waals surface area contributed by atoms with E-state index in [0.717, 1.165) is 5.69 Å². The molecule has 1 unspecified atom stereocenters. The van der Waals surface area contributed by atoms with Crippen LogP contribution in [0.4, 0.5) is 10.1 Å². The summed E-state index contributed by atoms with van der Waals surface area (Å²) in [6, 6.07) is 11.9. The lowest BCUT2D eigenvalue weighted by Gasteiger charge is -2.18. The van der Waals surface area contributed by atoms with Crippen molar-refractivity contribution in [2.45, 2.75) is 20.0 Å². The molecule has 0 spiro atoms. The molecule has 2 N–H and O–H groups in total. The highest BCUT2D eigenvalue weighted by Gasteiger charge is 2.10. The fourth-order valence-corrected chi connectivity index (χ4v) is 2.38. The van der Waals surface area contributed by atoms with Crippen LogP contribution in [-0.2, 0) is 0 Å². The van der Waals surface area contributed by atoms with Crippen LogP contribution in [-0.4, -0.2) is 39.4 Å². The first-order valence-corrected chi connectivity index (χ1v) is 8.77. The monoisotopic (exact) mass is 503 g/mol. The Balaban J connectivity index is 0.00000392. The minimum Gasteiger partial charge on any atom is -0.493 e. The van der Waals surface area contributed by atoms with E-state index < -0.39 is 0 Å². The first kappa shape index (κ1) is 23.8. The number of anilines is 1. The number of ether oxygens (including phenoxy) is 3. The summed E-state index contributed by atoms with van der Waals surface area (Å²) in [5, 5.41) is 6.33. The second-order valence-electron chi connectivity index (χ2n) is 5.74. The van der Waals surface area contributed by atoms with Crippen LogP contribution in [0.2, 0.25) is 0 Å². The maximum absolute atomic E-state index is 13.7. The summed E-state index contributed by atoms with van der Waals surface area (Å²) in [7, 11) is 3.26. The number of aliphatic imine (C=N–C) groups is 1. The van der Waals surface area contributed by atoms with Crippen molar-refractivity contribution >= 4 is 35.6 Å². The molecule has 0 aromatic heterocycles. The minimum atomic E-state index is -0.381. The van der Waals surface area contributed by atoms with Gasteiger partial charge in [0.25, 0.3) is 0 Å². The molecule has 0 radical (unpaired) electrons. The number of nitrogens with zero attached hydrogens (tertiary/aromatic N) is 1. The van der Waals surface area contributed by atoms with Crippen LogP contribution in [0.15, 0.2) is 47.5 Å². The van der Waals surface area contributed by atoms with E-state index in [4.69, 9.17) is 14.2 Å². The van der Waals surface area contributed by atoms with Crippen molar-refractivity contribution in [1.29, 1.82) is 0 Å². The number of benzene rings is 2. The van der Waals surface area contributed by atoms with Gasteiger partial charge in [0.1, 0.15) is 6.10 Å². The average Bonchev–Trinajstić information content (AvgIpc) is 2.68. The van der Waals surface area contributed by atoms with Crippen LogP contribution in [0.5, 0.6) is 17.2 Å². The van der Waals surface area contributed by atoms with Crippen LogP contribution < -0.4 is 24.8 Å². The first-order valence-electron chi connectivity index (χ1n) is 8.77. The van der Waals surface area contributed by atoms with Crippen molar-refractivity contribution in [3.8, 4) is 17.2 Å².